The molecule has 1 heterocycles. The van der Waals surface area contributed by atoms with Crippen molar-refractivity contribution in [2.24, 2.45) is 0 Å². The summed E-state index contributed by atoms with van der Waals surface area (Å²) in [6.45, 7) is 0.997. The van der Waals surface area contributed by atoms with Gasteiger partial charge in [-0.2, -0.15) is 0 Å². The topological polar surface area (TPSA) is 128 Å². The Morgan fingerprint density at radius 1 is 0.977 bits per heavy atom. The first kappa shape index (κ1) is 30.9. The highest BCUT2D eigenvalue weighted by Crippen LogP contribution is 2.47. The monoisotopic (exact) mass is 633 g/mol. The third-order valence-electron chi connectivity index (χ3n) is 7.87. The van der Waals surface area contributed by atoms with Crippen LogP contribution in [0.15, 0.2) is 95.9 Å². The number of carboxylic acid groups (broad SMARTS) is 1. The summed E-state index contributed by atoms with van der Waals surface area (Å²) in [4.78, 5) is 14.3. The summed E-state index contributed by atoms with van der Waals surface area (Å²) in [5.41, 5.74) is 1.42. The van der Waals surface area contributed by atoms with Crippen LogP contribution < -0.4 is 19.7 Å². The number of fused-ring (bicyclic) bond motifs is 2. The molecule has 0 unspecified atom stereocenters. The quantitative estimate of drug-likeness (QED) is 0.147. The van der Waals surface area contributed by atoms with E-state index in [1.54, 1.807) is 54.6 Å². The molecule has 9 nitrogen and oxygen atoms in total. The van der Waals surface area contributed by atoms with E-state index in [0.29, 0.717) is 38.7 Å². The van der Waals surface area contributed by atoms with Crippen molar-refractivity contribution in [3.63, 3.8) is 0 Å². The molecule has 6 rings (SSSR count). The number of benzene rings is 5. The Hall–Kier alpha value is -4.51. The van der Waals surface area contributed by atoms with Crippen LogP contribution in [0, 0.1) is 0 Å². The lowest BCUT2D eigenvalue weighted by Crippen LogP contribution is -2.41. The van der Waals surface area contributed by atoms with Gasteiger partial charge in [-0.3, -0.25) is 9.62 Å². The van der Waals surface area contributed by atoms with E-state index in [2.05, 4.69) is 10.0 Å². The van der Waals surface area contributed by atoms with Gasteiger partial charge in [0.2, 0.25) is 0 Å². The predicted molar refractivity (Wildman–Crippen MR) is 176 cm³/mol. The van der Waals surface area contributed by atoms with Crippen molar-refractivity contribution in [1.29, 1.82) is 0 Å². The summed E-state index contributed by atoms with van der Waals surface area (Å²) in [6.07, 6.45) is 0.629. The Labute approximate surface area is 261 Å². The van der Waals surface area contributed by atoms with Gasteiger partial charge in [0.15, 0.2) is 0 Å². The number of sulfonamides is 1. The minimum atomic E-state index is -4.06. The van der Waals surface area contributed by atoms with Gasteiger partial charge in [-0.15, -0.1) is 12.4 Å². The first-order valence-corrected chi connectivity index (χ1v) is 15.4. The summed E-state index contributed by atoms with van der Waals surface area (Å²) in [6, 6.07) is 25.6. The van der Waals surface area contributed by atoms with Crippen LogP contribution in [0.4, 0.5) is 16.2 Å². The molecule has 0 bridgehead atoms. The summed E-state index contributed by atoms with van der Waals surface area (Å²) >= 11 is 0. The second-order valence-corrected chi connectivity index (χ2v) is 12.2. The average molecular weight is 634 g/mol. The van der Waals surface area contributed by atoms with Crippen molar-refractivity contribution in [2.75, 3.05) is 29.8 Å². The molecule has 5 aromatic carbocycles. The fourth-order valence-electron chi connectivity index (χ4n) is 5.83. The molecule has 1 aliphatic rings. The van der Waals surface area contributed by atoms with Crippen molar-refractivity contribution in [3.8, 4) is 22.6 Å². The highest BCUT2D eigenvalue weighted by Gasteiger charge is 2.29. The maximum Gasteiger partial charge on any atom is 0.411 e. The van der Waals surface area contributed by atoms with Gasteiger partial charge in [-0.05, 0) is 66.6 Å². The first-order chi connectivity index (χ1) is 20.8. The SMILES string of the molecule is COc1ccc(S(=O)(=O)Nc2cc(-c3c(O)ccc4ccccc34)c(N(C[C@H]3CCCN3)C(=O)O)c3ccccc23)cc1.Cl. The largest absolute Gasteiger partial charge is 0.507 e. The summed E-state index contributed by atoms with van der Waals surface area (Å²) in [5.74, 6) is 0.469. The minimum Gasteiger partial charge on any atom is -0.507 e. The zero-order valence-corrected chi connectivity index (χ0v) is 25.5. The smallest absolute Gasteiger partial charge is 0.411 e. The fourth-order valence-corrected chi connectivity index (χ4v) is 6.90. The van der Waals surface area contributed by atoms with Gasteiger partial charge in [0.05, 0.1) is 23.4 Å². The van der Waals surface area contributed by atoms with Crippen molar-refractivity contribution in [3.05, 3.63) is 91.0 Å². The number of nitrogens with zero attached hydrogens (tertiary/aromatic N) is 1. The molecule has 5 aromatic rings. The third-order valence-corrected chi connectivity index (χ3v) is 9.25. The van der Waals surface area contributed by atoms with Gasteiger partial charge in [0, 0.05) is 34.5 Å². The molecular formula is C33H32ClN3O6S. The van der Waals surface area contributed by atoms with Crippen LogP contribution >= 0.6 is 12.4 Å². The molecule has 0 aromatic heterocycles. The van der Waals surface area contributed by atoms with E-state index in [1.165, 1.54) is 24.1 Å². The van der Waals surface area contributed by atoms with Crippen molar-refractivity contribution in [1.82, 2.24) is 5.32 Å². The molecular weight excluding hydrogens is 602 g/mol. The van der Waals surface area contributed by atoms with E-state index in [4.69, 9.17) is 4.74 Å². The van der Waals surface area contributed by atoms with Gasteiger partial charge in [0.25, 0.3) is 10.0 Å². The second-order valence-electron chi connectivity index (χ2n) is 10.5. The number of hydrogen-bond acceptors (Lipinski definition) is 6. The van der Waals surface area contributed by atoms with Crippen LogP contribution in [0.2, 0.25) is 0 Å². The van der Waals surface area contributed by atoms with Gasteiger partial charge < -0.3 is 20.3 Å². The van der Waals surface area contributed by atoms with Gasteiger partial charge >= 0.3 is 6.09 Å². The number of halogens is 1. The number of amides is 1. The van der Waals surface area contributed by atoms with Crippen LogP contribution in [0.5, 0.6) is 11.5 Å². The molecule has 228 valence electrons. The van der Waals surface area contributed by atoms with Crippen LogP contribution in [0.25, 0.3) is 32.7 Å². The molecule has 0 radical (unpaired) electrons. The molecule has 0 spiro atoms. The molecule has 1 saturated heterocycles. The molecule has 1 aliphatic heterocycles. The van der Waals surface area contributed by atoms with E-state index >= 15 is 0 Å². The van der Waals surface area contributed by atoms with Gasteiger partial charge in [-0.1, -0.05) is 54.6 Å². The van der Waals surface area contributed by atoms with Crippen molar-refractivity contribution < 1.29 is 28.2 Å². The van der Waals surface area contributed by atoms with E-state index in [-0.39, 0.29) is 41.3 Å². The summed E-state index contributed by atoms with van der Waals surface area (Å²) in [5, 5.41) is 27.8. The van der Waals surface area contributed by atoms with Crippen LogP contribution in [0.3, 0.4) is 0 Å². The van der Waals surface area contributed by atoms with E-state index in [1.807, 2.05) is 24.3 Å². The maximum atomic E-state index is 13.6. The first-order valence-electron chi connectivity index (χ1n) is 13.9. The highest BCUT2D eigenvalue weighted by atomic mass is 35.5. The fraction of sp³-hybridized carbons (Fsp3) is 0.182. The van der Waals surface area contributed by atoms with E-state index in [0.717, 1.165) is 24.8 Å². The number of phenols is 1. The Balaban J connectivity index is 0.00000384. The number of ether oxygens (including phenoxy) is 1. The lowest BCUT2D eigenvalue weighted by Gasteiger charge is -2.28. The minimum absolute atomic E-state index is 0. The number of phenolic OH excluding ortho intramolecular Hbond substituents is 1. The molecule has 44 heavy (non-hydrogen) atoms. The Bertz CT molecular complexity index is 1940. The Kier molecular flexibility index (Phi) is 8.87. The second kappa shape index (κ2) is 12.6. The predicted octanol–water partition coefficient (Wildman–Crippen LogP) is 6.83. The number of rotatable bonds is 8. The molecule has 0 aliphatic carbocycles. The molecule has 0 saturated carbocycles. The number of nitrogens with one attached hydrogen (secondary N) is 2. The number of anilines is 2. The van der Waals surface area contributed by atoms with Gasteiger partial charge in [0.1, 0.15) is 11.5 Å². The lowest BCUT2D eigenvalue weighted by molar-refractivity contribution is 0.201. The van der Waals surface area contributed by atoms with Crippen LogP contribution in [0.1, 0.15) is 12.8 Å². The van der Waals surface area contributed by atoms with Gasteiger partial charge in [-0.25, -0.2) is 13.2 Å². The summed E-state index contributed by atoms with van der Waals surface area (Å²) in [7, 11) is -2.55. The van der Waals surface area contributed by atoms with E-state index < -0.39 is 16.1 Å². The number of methoxy groups -OCH3 is 1. The number of aromatic hydroxyl groups is 1. The molecule has 4 N–H and O–H groups in total. The van der Waals surface area contributed by atoms with Crippen LogP contribution in [-0.2, 0) is 10.0 Å². The Morgan fingerprint density at radius 2 is 1.66 bits per heavy atom. The normalized spacial score (nSPS) is 14.7. The van der Waals surface area contributed by atoms with Crippen molar-refractivity contribution in [2.45, 2.75) is 23.8 Å². The summed E-state index contributed by atoms with van der Waals surface area (Å²) < 4.78 is 35.1. The molecule has 1 fully saturated rings. The van der Waals surface area contributed by atoms with E-state index in [9.17, 15) is 23.4 Å². The zero-order chi connectivity index (χ0) is 30.1. The number of hydrogen-bond donors (Lipinski definition) is 4. The average Bonchev–Trinajstić information content (AvgIpc) is 3.53. The molecule has 1 amide bonds. The maximum absolute atomic E-state index is 13.6. The third kappa shape index (κ3) is 5.84. The number of carbonyl (C=O) groups is 1. The van der Waals surface area contributed by atoms with Crippen molar-refractivity contribution >= 4 is 61.4 Å². The Morgan fingerprint density at radius 3 is 2.32 bits per heavy atom. The molecule has 1 atom stereocenters. The lowest BCUT2D eigenvalue weighted by atomic mass is 9.92. The van der Waals surface area contributed by atoms with Crippen LogP contribution in [-0.4, -0.2) is 51.0 Å². The zero-order valence-electron chi connectivity index (χ0n) is 23.9. The molecule has 11 heteroatoms. The highest BCUT2D eigenvalue weighted by molar-refractivity contribution is 7.92. The standard InChI is InChI=1S/C33H31N3O6S.ClH/c1-42-23-13-15-24(16-14-23)43(40,41)35-29-19-28(31-25-9-3-2-7-21(25)12-17-30(31)37)32(27-11-5-4-10-26(27)29)36(33(38)39)20-22-8-6-18-34-22;/h2-5,7,9-17,19,22,34-35,37H,6,8,18,20H2,1H3,(H,38,39);1H/t22-;/m1./s1.